The third-order valence-electron chi connectivity index (χ3n) is 7.24. The summed E-state index contributed by atoms with van der Waals surface area (Å²) in [6.07, 6.45) is 2.62. The number of benzene rings is 3. The molecule has 5 rings (SSSR count). The second kappa shape index (κ2) is 12.8. The molecule has 44 heavy (non-hydrogen) atoms. The standard InChI is InChI=1S/C31H31FN4O6S2/c1-42-16-15-33-28(38)20-5-3-19(4-6-20)21-7-14-25-26(17-21)43-30(36-25)31(44(2,40)41,22-8-10-23(32)11-9-22)29(39)34-18-27(37)35-24-12-13-24/h3-11,14,17,24H,12-13,15-16,18H2,1-2H3,(H,33,38)(H,34,39)(H,35,37). The molecule has 1 unspecified atom stereocenters. The number of nitrogens with zero attached hydrogens (tertiary/aromatic N) is 1. The third-order valence-corrected chi connectivity index (χ3v) is 10.2. The number of rotatable bonds is 12. The summed E-state index contributed by atoms with van der Waals surface area (Å²) in [5.74, 6) is -2.23. The van der Waals surface area contributed by atoms with Crippen LogP contribution in [-0.4, -0.2) is 70.2 Å². The lowest BCUT2D eigenvalue weighted by Crippen LogP contribution is -2.52. The van der Waals surface area contributed by atoms with Crippen LogP contribution in [0.3, 0.4) is 0 Å². The van der Waals surface area contributed by atoms with Crippen molar-refractivity contribution >= 4 is 49.1 Å². The summed E-state index contributed by atoms with van der Waals surface area (Å²) in [6.45, 7) is 0.364. The molecule has 3 amide bonds. The molecule has 1 atom stereocenters. The number of amides is 3. The summed E-state index contributed by atoms with van der Waals surface area (Å²) in [4.78, 5) is 43.2. The molecule has 0 bridgehead atoms. The zero-order valence-corrected chi connectivity index (χ0v) is 25.7. The van der Waals surface area contributed by atoms with Crippen molar-refractivity contribution in [1.82, 2.24) is 20.9 Å². The largest absolute Gasteiger partial charge is 0.383 e. The minimum atomic E-state index is -4.30. The maximum absolute atomic E-state index is 13.9. The number of methoxy groups -OCH3 is 1. The first-order chi connectivity index (χ1) is 21.0. The Morgan fingerprint density at radius 1 is 1.00 bits per heavy atom. The first-order valence-corrected chi connectivity index (χ1v) is 16.6. The van der Waals surface area contributed by atoms with E-state index in [-0.39, 0.29) is 22.5 Å². The molecule has 0 radical (unpaired) electrons. The molecule has 1 fully saturated rings. The van der Waals surface area contributed by atoms with Gasteiger partial charge in [-0.25, -0.2) is 17.8 Å². The van der Waals surface area contributed by atoms with E-state index in [1.54, 1.807) is 37.4 Å². The Bertz CT molecular complexity index is 1810. The Morgan fingerprint density at radius 2 is 1.68 bits per heavy atom. The van der Waals surface area contributed by atoms with Gasteiger partial charge in [-0.15, -0.1) is 11.3 Å². The molecule has 3 aromatic carbocycles. The van der Waals surface area contributed by atoms with E-state index in [4.69, 9.17) is 4.74 Å². The summed E-state index contributed by atoms with van der Waals surface area (Å²) < 4.78 is 44.4. The molecule has 1 heterocycles. The third kappa shape index (κ3) is 6.49. The molecule has 1 saturated carbocycles. The van der Waals surface area contributed by atoms with Gasteiger partial charge in [-0.05, 0) is 65.9 Å². The number of aromatic nitrogens is 1. The fourth-order valence-electron chi connectivity index (χ4n) is 4.81. The minimum Gasteiger partial charge on any atom is -0.383 e. The predicted octanol–water partition coefficient (Wildman–Crippen LogP) is 3.16. The lowest BCUT2D eigenvalue weighted by molar-refractivity contribution is -0.127. The highest BCUT2D eigenvalue weighted by Crippen LogP contribution is 2.42. The summed E-state index contributed by atoms with van der Waals surface area (Å²) >= 11 is 1.02. The van der Waals surface area contributed by atoms with Crippen LogP contribution in [0, 0.1) is 5.82 Å². The van der Waals surface area contributed by atoms with Crippen LogP contribution >= 0.6 is 11.3 Å². The van der Waals surface area contributed by atoms with Gasteiger partial charge in [-0.2, -0.15) is 0 Å². The van der Waals surface area contributed by atoms with E-state index in [0.717, 1.165) is 53.7 Å². The molecule has 3 N–H and O–H groups in total. The Hall–Kier alpha value is -4.20. The number of carbonyl (C=O) groups is 3. The van der Waals surface area contributed by atoms with Gasteiger partial charge in [0.15, 0.2) is 9.84 Å². The van der Waals surface area contributed by atoms with Crippen LogP contribution in [0.25, 0.3) is 21.3 Å². The van der Waals surface area contributed by atoms with Crippen LogP contribution in [0.2, 0.25) is 0 Å². The molecule has 4 aromatic rings. The maximum atomic E-state index is 13.9. The van der Waals surface area contributed by atoms with Gasteiger partial charge in [0.25, 0.3) is 11.8 Å². The Morgan fingerprint density at radius 3 is 2.32 bits per heavy atom. The average Bonchev–Trinajstić information content (AvgIpc) is 3.71. The first-order valence-electron chi connectivity index (χ1n) is 13.8. The second-order valence-electron chi connectivity index (χ2n) is 10.5. The number of thiazole rings is 1. The number of sulfone groups is 1. The molecule has 0 aliphatic heterocycles. The maximum Gasteiger partial charge on any atom is 0.253 e. The van der Waals surface area contributed by atoms with Crippen molar-refractivity contribution in [1.29, 1.82) is 0 Å². The zero-order chi connectivity index (χ0) is 31.5. The highest BCUT2D eigenvalue weighted by atomic mass is 32.2. The van der Waals surface area contributed by atoms with Gasteiger partial charge in [-0.3, -0.25) is 14.4 Å². The quantitative estimate of drug-likeness (QED) is 0.202. The highest BCUT2D eigenvalue weighted by molar-refractivity contribution is 7.92. The van der Waals surface area contributed by atoms with Gasteiger partial charge in [0.1, 0.15) is 10.8 Å². The second-order valence-corrected chi connectivity index (χ2v) is 13.7. The van der Waals surface area contributed by atoms with E-state index < -0.39 is 38.8 Å². The summed E-state index contributed by atoms with van der Waals surface area (Å²) in [6, 6.07) is 17.0. The van der Waals surface area contributed by atoms with E-state index in [1.807, 2.05) is 12.1 Å². The van der Waals surface area contributed by atoms with Crippen molar-refractivity contribution in [3.8, 4) is 11.1 Å². The SMILES string of the molecule is COCCNC(=O)c1ccc(-c2ccc3nc(C(C(=O)NCC(=O)NC4CC4)(c4ccc(F)cc4)S(C)(=O)=O)sc3c2)cc1. The molecule has 1 aliphatic rings. The predicted molar refractivity (Wildman–Crippen MR) is 165 cm³/mol. The van der Waals surface area contributed by atoms with Crippen LogP contribution < -0.4 is 16.0 Å². The number of hydrogen-bond donors (Lipinski definition) is 3. The van der Waals surface area contributed by atoms with Crippen LogP contribution in [0.15, 0.2) is 66.7 Å². The molecule has 230 valence electrons. The summed E-state index contributed by atoms with van der Waals surface area (Å²) in [5.41, 5.74) is 2.53. The number of halogens is 1. The van der Waals surface area contributed by atoms with Gasteiger partial charge >= 0.3 is 0 Å². The van der Waals surface area contributed by atoms with Gasteiger partial charge in [0.2, 0.25) is 10.7 Å². The van der Waals surface area contributed by atoms with Crippen LogP contribution in [0.5, 0.6) is 0 Å². The van der Waals surface area contributed by atoms with Crippen molar-refractivity contribution in [2.75, 3.05) is 33.1 Å². The van der Waals surface area contributed by atoms with E-state index in [1.165, 1.54) is 12.1 Å². The number of hydrogen-bond acceptors (Lipinski definition) is 8. The van der Waals surface area contributed by atoms with Gasteiger partial charge in [-0.1, -0.05) is 30.3 Å². The van der Waals surface area contributed by atoms with E-state index in [9.17, 15) is 27.2 Å². The van der Waals surface area contributed by atoms with Gasteiger partial charge in [0.05, 0.1) is 23.4 Å². The molecular weight excluding hydrogens is 607 g/mol. The molecule has 0 saturated heterocycles. The first kappa shape index (κ1) is 31.2. The highest BCUT2D eigenvalue weighted by Gasteiger charge is 2.54. The Labute approximate surface area is 257 Å². The van der Waals surface area contributed by atoms with Crippen molar-refractivity contribution < 1.29 is 31.9 Å². The van der Waals surface area contributed by atoms with Crippen LogP contribution in [0.4, 0.5) is 4.39 Å². The normalized spacial score (nSPS) is 14.5. The lowest BCUT2D eigenvalue weighted by Gasteiger charge is -2.29. The summed E-state index contributed by atoms with van der Waals surface area (Å²) in [7, 11) is -2.74. The van der Waals surface area contributed by atoms with E-state index in [2.05, 4.69) is 20.9 Å². The van der Waals surface area contributed by atoms with Crippen molar-refractivity contribution in [2.24, 2.45) is 0 Å². The average molecular weight is 639 g/mol. The number of ether oxygens (including phenoxy) is 1. The fraction of sp³-hybridized carbons (Fsp3) is 0.290. The number of nitrogens with one attached hydrogen (secondary N) is 3. The van der Waals surface area contributed by atoms with E-state index >= 15 is 0 Å². The van der Waals surface area contributed by atoms with E-state index in [0.29, 0.717) is 28.9 Å². The number of fused-ring (bicyclic) bond motifs is 1. The topological polar surface area (TPSA) is 144 Å². The molecular formula is C31H31FN4O6S2. The van der Waals surface area contributed by atoms with Crippen molar-refractivity contribution in [3.05, 3.63) is 88.7 Å². The molecule has 1 aromatic heterocycles. The minimum absolute atomic E-state index is 0.000135. The Kier molecular flexibility index (Phi) is 9.09. The van der Waals surface area contributed by atoms with Crippen molar-refractivity contribution in [2.45, 2.75) is 23.6 Å². The molecule has 0 spiro atoms. The summed E-state index contributed by atoms with van der Waals surface area (Å²) in [5, 5.41) is 7.98. The van der Waals surface area contributed by atoms with Gasteiger partial charge in [0, 0.05) is 31.5 Å². The van der Waals surface area contributed by atoms with Gasteiger partial charge < -0.3 is 20.7 Å². The zero-order valence-electron chi connectivity index (χ0n) is 24.1. The van der Waals surface area contributed by atoms with Crippen LogP contribution in [-0.2, 0) is 28.9 Å². The Balaban J connectivity index is 1.51. The van der Waals surface area contributed by atoms with Crippen LogP contribution in [0.1, 0.15) is 33.8 Å². The monoisotopic (exact) mass is 638 g/mol. The van der Waals surface area contributed by atoms with Crippen molar-refractivity contribution in [3.63, 3.8) is 0 Å². The smallest absolute Gasteiger partial charge is 0.253 e. The molecule has 10 nitrogen and oxygen atoms in total. The number of carbonyl (C=O) groups excluding carboxylic acids is 3. The lowest BCUT2D eigenvalue weighted by atomic mass is 9.97. The molecule has 13 heteroatoms. The fourth-order valence-corrected chi connectivity index (χ4v) is 7.83. The molecule has 1 aliphatic carbocycles.